The molecule has 0 aromatic carbocycles. The van der Waals surface area contributed by atoms with Gasteiger partial charge in [-0.05, 0) is 13.8 Å². The maximum atomic E-state index is 9.84. The maximum absolute atomic E-state index is 9.84. The molecule has 0 aromatic rings. The summed E-state index contributed by atoms with van der Waals surface area (Å²) >= 11 is 0. The van der Waals surface area contributed by atoms with Gasteiger partial charge in [0, 0.05) is 20.8 Å². The molecule has 0 aliphatic carbocycles. The Balaban J connectivity index is 2.73. The van der Waals surface area contributed by atoms with Gasteiger partial charge in [0.1, 0.15) is 18.3 Å². The SMILES string of the molecule is CCOC1OC(C)C(O)C(OC)C1OC. The fourth-order valence-corrected chi connectivity index (χ4v) is 1.80. The van der Waals surface area contributed by atoms with Crippen LogP contribution in [0.25, 0.3) is 0 Å². The molecule has 0 spiro atoms. The maximum Gasteiger partial charge on any atom is 0.186 e. The minimum absolute atomic E-state index is 0.321. The second-order valence-electron chi connectivity index (χ2n) is 3.56. The summed E-state index contributed by atoms with van der Waals surface area (Å²) < 4.78 is 21.4. The van der Waals surface area contributed by atoms with E-state index in [4.69, 9.17) is 18.9 Å². The van der Waals surface area contributed by atoms with E-state index in [2.05, 4.69) is 0 Å². The summed E-state index contributed by atoms with van der Waals surface area (Å²) in [6.45, 7) is 4.20. The lowest BCUT2D eigenvalue weighted by molar-refractivity contribution is -0.300. The molecule has 1 heterocycles. The van der Waals surface area contributed by atoms with Gasteiger partial charge in [-0.3, -0.25) is 0 Å². The van der Waals surface area contributed by atoms with Crippen molar-refractivity contribution in [2.24, 2.45) is 0 Å². The number of rotatable bonds is 4. The molecule has 0 bridgehead atoms. The zero-order valence-electron chi connectivity index (χ0n) is 9.67. The molecule has 1 saturated heterocycles. The molecular formula is C10H20O5. The third-order valence-corrected chi connectivity index (χ3v) is 2.63. The van der Waals surface area contributed by atoms with E-state index in [1.165, 1.54) is 0 Å². The van der Waals surface area contributed by atoms with Crippen LogP contribution >= 0.6 is 0 Å². The normalized spacial score (nSPS) is 41.8. The van der Waals surface area contributed by atoms with Crippen LogP contribution in [0.2, 0.25) is 0 Å². The molecule has 0 saturated carbocycles. The van der Waals surface area contributed by atoms with E-state index in [1.54, 1.807) is 21.1 Å². The molecule has 1 aliphatic heterocycles. The van der Waals surface area contributed by atoms with Crippen LogP contribution in [0.1, 0.15) is 13.8 Å². The van der Waals surface area contributed by atoms with E-state index in [9.17, 15) is 5.11 Å². The van der Waals surface area contributed by atoms with Crippen molar-refractivity contribution >= 4 is 0 Å². The molecular weight excluding hydrogens is 200 g/mol. The Morgan fingerprint density at radius 1 is 1.20 bits per heavy atom. The molecule has 5 atom stereocenters. The van der Waals surface area contributed by atoms with Gasteiger partial charge in [0.25, 0.3) is 0 Å². The smallest absolute Gasteiger partial charge is 0.186 e. The molecule has 5 heteroatoms. The summed E-state index contributed by atoms with van der Waals surface area (Å²) in [5.41, 5.74) is 0. The van der Waals surface area contributed by atoms with Crippen LogP contribution in [0.3, 0.4) is 0 Å². The first-order valence-corrected chi connectivity index (χ1v) is 5.16. The van der Waals surface area contributed by atoms with Crippen molar-refractivity contribution in [2.75, 3.05) is 20.8 Å². The predicted octanol–water partition coefficient (Wildman–Crippen LogP) is 0.159. The number of methoxy groups -OCH3 is 2. The van der Waals surface area contributed by atoms with Crippen LogP contribution < -0.4 is 0 Å². The number of aliphatic hydroxyl groups is 1. The van der Waals surface area contributed by atoms with E-state index in [-0.39, 0.29) is 6.10 Å². The standard InChI is InChI=1S/C10H20O5/c1-5-14-10-9(13-4)8(12-3)7(11)6(2)15-10/h6-11H,5H2,1-4H3. The van der Waals surface area contributed by atoms with Gasteiger partial charge >= 0.3 is 0 Å². The van der Waals surface area contributed by atoms with Gasteiger partial charge in [-0.1, -0.05) is 0 Å². The summed E-state index contributed by atoms with van der Waals surface area (Å²) in [6.07, 6.45) is -2.32. The van der Waals surface area contributed by atoms with E-state index in [1.807, 2.05) is 6.92 Å². The van der Waals surface area contributed by atoms with Crippen molar-refractivity contribution in [3.63, 3.8) is 0 Å². The van der Waals surface area contributed by atoms with Crippen LogP contribution in [-0.2, 0) is 18.9 Å². The molecule has 1 fully saturated rings. The summed E-state index contributed by atoms with van der Waals surface area (Å²) in [5.74, 6) is 0. The topological polar surface area (TPSA) is 57.2 Å². The lowest BCUT2D eigenvalue weighted by Gasteiger charge is -2.42. The summed E-state index contributed by atoms with van der Waals surface area (Å²) in [4.78, 5) is 0. The highest BCUT2D eigenvalue weighted by molar-refractivity contribution is 4.89. The molecule has 1 aliphatic rings. The van der Waals surface area contributed by atoms with Crippen molar-refractivity contribution in [2.45, 2.75) is 44.6 Å². The fraction of sp³-hybridized carbons (Fsp3) is 1.00. The van der Waals surface area contributed by atoms with Gasteiger partial charge in [0.2, 0.25) is 0 Å². The molecule has 15 heavy (non-hydrogen) atoms. The zero-order valence-corrected chi connectivity index (χ0v) is 9.67. The van der Waals surface area contributed by atoms with E-state index < -0.39 is 24.6 Å². The number of aliphatic hydroxyl groups excluding tert-OH is 1. The molecule has 0 radical (unpaired) electrons. The van der Waals surface area contributed by atoms with Crippen molar-refractivity contribution in [3.8, 4) is 0 Å². The fourth-order valence-electron chi connectivity index (χ4n) is 1.80. The Hall–Kier alpha value is -0.200. The molecule has 1 N–H and O–H groups in total. The minimum atomic E-state index is -0.698. The van der Waals surface area contributed by atoms with Crippen molar-refractivity contribution in [3.05, 3.63) is 0 Å². The van der Waals surface area contributed by atoms with Gasteiger partial charge in [0.15, 0.2) is 6.29 Å². The summed E-state index contributed by atoms with van der Waals surface area (Å²) in [7, 11) is 3.09. The Labute approximate surface area is 90.3 Å². The summed E-state index contributed by atoms with van der Waals surface area (Å²) in [5, 5.41) is 9.84. The lowest BCUT2D eigenvalue weighted by atomic mass is 9.99. The Kier molecular flexibility index (Phi) is 4.95. The largest absolute Gasteiger partial charge is 0.388 e. The highest BCUT2D eigenvalue weighted by atomic mass is 16.7. The van der Waals surface area contributed by atoms with E-state index in [0.717, 1.165) is 0 Å². The second-order valence-corrected chi connectivity index (χ2v) is 3.56. The summed E-state index contributed by atoms with van der Waals surface area (Å²) in [6, 6.07) is 0. The average molecular weight is 220 g/mol. The molecule has 0 amide bonds. The zero-order chi connectivity index (χ0) is 11.4. The molecule has 5 unspecified atom stereocenters. The van der Waals surface area contributed by atoms with Gasteiger partial charge in [-0.15, -0.1) is 0 Å². The number of ether oxygens (including phenoxy) is 4. The van der Waals surface area contributed by atoms with E-state index in [0.29, 0.717) is 6.61 Å². The number of hydrogen-bond donors (Lipinski definition) is 1. The van der Waals surface area contributed by atoms with Gasteiger partial charge in [-0.25, -0.2) is 0 Å². The van der Waals surface area contributed by atoms with Crippen LogP contribution in [0.15, 0.2) is 0 Å². The van der Waals surface area contributed by atoms with Gasteiger partial charge in [-0.2, -0.15) is 0 Å². The van der Waals surface area contributed by atoms with Crippen molar-refractivity contribution in [1.82, 2.24) is 0 Å². The monoisotopic (exact) mass is 220 g/mol. The highest BCUT2D eigenvalue weighted by Gasteiger charge is 2.44. The molecule has 0 aromatic heterocycles. The predicted molar refractivity (Wildman–Crippen MR) is 53.6 cm³/mol. The highest BCUT2D eigenvalue weighted by Crippen LogP contribution is 2.25. The van der Waals surface area contributed by atoms with Crippen LogP contribution in [-0.4, -0.2) is 56.6 Å². The second kappa shape index (κ2) is 5.77. The third kappa shape index (κ3) is 2.68. The van der Waals surface area contributed by atoms with E-state index >= 15 is 0 Å². The Morgan fingerprint density at radius 2 is 1.80 bits per heavy atom. The third-order valence-electron chi connectivity index (χ3n) is 2.63. The molecule has 90 valence electrons. The van der Waals surface area contributed by atoms with Crippen LogP contribution in [0.5, 0.6) is 0 Å². The van der Waals surface area contributed by atoms with Crippen LogP contribution in [0, 0.1) is 0 Å². The molecule has 5 nitrogen and oxygen atoms in total. The number of hydrogen-bond acceptors (Lipinski definition) is 5. The van der Waals surface area contributed by atoms with Crippen molar-refractivity contribution in [1.29, 1.82) is 0 Å². The van der Waals surface area contributed by atoms with Gasteiger partial charge in [0.05, 0.1) is 6.10 Å². The Bertz CT molecular complexity index is 187. The van der Waals surface area contributed by atoms with Gasteiger partial charge < -0.3 is 24.1 Å². The Morgan fingerprint density at radius 3 is 2.27 bits per heavy atom. The quantitative estimate of drug-likeness (QED) is 0.731. The first-order chi connectivity index (χ1) is 7.15. The molecule has 1 rings (SSSR count). The first kappa shape index (κ1) is 12.9. The first-order valence-electron chi connectivity index (χ1n) is 5.16. The van der Waals surface area contributed by atoms with Crippen LogP contribution in [0.4, 0.5) is 0 Å². The lowest BCUT2D eigenvalue weighted by Crippen LogP contribution is -2.58. The average Bonchev–Trinajstić information content (AvgIpc) is 2.23. The minimum Gasteiger partial charge on any atom is -0.388 e. The van der Waals surface area contributed by atoms with Crippen molar-refractivity contribution < 1.29 is 24.1 Å².